The van der Waals surface area contributed by atoms with Gasteiger partial charge in [-0.25, -0.2) is 4.79 Å². The lowest BCUT2D eigenvalue weighted by Gasteiger charge is -2.24. The molecule has 0 radical (unpaired) electrons. The minimum absolute atomic E-state index is 0.00752. The van der Waals surface area contributed by atoms with Gasteiger partial charge in [0, 0.05) is 12.0 Å². The van der Waals surface area contributed by atoms with Crippen LogP contribution in [0.25, 0.3) is 0 Å². The van der Waals surface area contributed by atoms with Gasteiger partial charge in [0.1, 0.15) is 0 Å². The first kappa shape index (κ1) is 21.9. The molecule has 0 saturated carbocycles. The summed E-state index contributed by atoms with van der Waals surface area (Å²) in [4.78, 5) is 24.4. The van der Waals surface area contributed by atoms with Crippen LogP contribution in [0, 0.1) is 11.3 Å². The summed E-state index contributed by atoms with van der Waals surface area (Å²) in [5.74, 6) is 0.448. The highest BCUT2D eigenvalue weighted by molar-refractivity contribution is 5.96. The SMILES string of the molecule is CC(CCCC(C)(C)CC(=O)c1ccccc1)CCOC(=O)c1ccccc1. The molecule has 0 saturated heterocycles. The average Bonchev–Trinajstić information content (AvgIpc) is 2.68. The van der Waals surface area contributed by atoms with Crippen molar-refractivity contribution in [3.05, 3.63) is 71.8 Å². The first-order valence-electron chi connectivity index (χ1n) is 10.2. The molecule has 0 aromatic heterocycles. The van der Waals surface area contributed by atoms with E-state index in [2.05, 4.69) is 20.8 Å². The molecule has 2 aromatic carbocycles. The van der Waals surface area contributed by atoms with E-state index in [1.165, 1.54) is 0 Å². The molecule has 1 atom stereocenters. The molecule has 3 heteroatoms. The van der Waals surface area contributed by atoms with Crippen LogP contribution in [-0.2, 0) is 4.74 Å². The Bertz CT molecular complexity index is 735. The second-order valence-corrected chi connectivity index (χ2v) is 8.42. The molecule has 0 fully saturated rings. The fourth-order valence-corrected chi connectivity index (χ4v) is 3.33. The number of esters is 1. The molecule has 0 N–H and O–H groups in total. The van der Waals surface area contributed by atoms with E-state index in [4.69, 9.17) is 4.74 Å². The van der Waals surface area contributed by atoms with E-state index in [-0.39, 0.29) is 17.2 Å². The molecule has 0 heterocycles. The Morgan fingerprint density at radius 1 is 0.893 bits per heavy atom. The van der Waals surface area contributed by atoms with E-state index in [9.17, 15) is 9.59 Å². The molecule has 2 aromatic rings. The maximum atomic E-state index is 12.4. The number of ether oxygens (including phenoxy) is 1. The van der Waals surface area contributed by atoms with Gasteiger partial charge >= 0.3 is 5.97 Å². The minimum atomic E-state index is -0.256. The maximum absolute atomic E-state index is 12.4. The Labute approximate surface area is 169 Å². The summed E-state index contributed by atoms with van der Waals surface area (Å²) in [6.45, 7) is 6.98. The van der Waals surface area contributed by atoms with Crippen LogP contribution in [0.15, 0.2) is 60.7 Å². The third-order valence-electron chi connectivity index (χ3n) is 5.14. The molecule has 0 amide bonds. The highest BCUT2D eigenvalue weighted by atomic mass is 16.5. The molecule has 0 bridgehead atoms. The zero-order valence-corrected chi connectivity index (χ0v) is 17.3. The van der Waals surface area contributed by atoms with Crippen LogP contribution in [-0.4, -0.2) is 18.4 Å². The van der Waals surface area contributed by atoms with Gasteiger partial charge in [0.25, 0.3) is 0 Å². The van der Waals surface area contributed by atoms with Crippen LogP contribution in [0.5, 0.6) is 0 Å². The zero-order valence-electron chi connectivity index (χ0n) is 17.3. The molecule has 2 rings (SSSR count). The normalized spacial score (nSPS) is 12.4. The Balaban J connectivity index is 1.64. The van der Waals surface area contributed by atoms with Crippen molar-refractivity contribution in [2.24, 2.45) is 11.3 Å². The van der Waals surface area contributed by atoms with E-state index >= 15 is 0 Å². The minimum Gasteiger partial charge on any atom is -0.462 e. The topological polar surface area (TPSA) is 43.4 Å². The van der Waals surface area contributed by atoms with E-state index in [1.54, 1.807) is 12.1 Å². The maximum Gasteiger partial charge on any atom is 0.338 e. The molecule has 0 aliphatic carbocycles. The number of benzene rings is 2. The molecular weight excluding hydrogens is 348 g/mol. The number of carbonyl (C=O) groups is 2. The average molecular weight is 381 g/mol. The van der Waals surface area contributed by atoms with Gasteiger partial charge in [-0.05, 0) is 36.3 Å². The van der Waals surface area contributed by atoms with Gasteiger partial charge in [0.15, 0.2) is 5.78 Å². The quantitative estimate of drug-likeness (QED) is 0.337. The molecule has 28 heavy (non-hydrogen) atoms. The largest absolute Gasteiger partial charge is 0.462 e. The van der Waals surface area contributed by atoms with Crippen molar-refractivity contribution in [2.75, 3.05) is 6.61 Å². The lowest BCUT2D eigenvalue weighted by atomic mass is 9.80. The van der Waals surface area contributed by atoms with Crippen LogP contribution in [0.2, 0.25) is 0 Å². The van der Waals surface area contributed by atoms with Gasteiger partial charge in [-0.1, -0.05) is 82.1 Å². The van der Waals surface area contributed by atoms with E-state index in [0.29, 0.717) is 24.5 Å². The van der Waals surface area contributed by atoms with Gasteiger partial charge in [-0.2, -0.15) is 0 Å². The first-order chi connectivity index (χ1) is 13.4. The smallest absolute Gasteiger partial charge is 0.338 e. The van der Waals surface area contributed by atoms with Crippen LogP contribution in [0.3, 0.4) is 0 Å². The van der Waals surface area contributed by atoms with Gasteiger partial charge in [-0.3, -0.25) is 4.79 Å². The van der Waals surface area contributed by atoms with Crippen molar-refractivity contribution in [3.8, 4) is 0 Å². The molecule has 3 nitrogen and oxygen atoms in total. The Kier molecular flexibility index (Phi) is 8.43. The standard InChI is InChI=1S/C25H32O3/c1-20(16-18-28-24(27)22-14-8-5-9-15-22)11-10-17-25(2,3)19-23(26)21-12-6-4-7-13-21/h4-9,12-15,20H,10-11,16-19H2,1-3H3. The third kappa shape index (κ3) is 7.67. The number of carbonyl (C=O) groups excluding carboxylic acids is 2. The lowest BCUT2D eigenvalue weighted by Crippen LogP contribution is -2.18. The highest BCUT2D eigenvalue weighted by Crippen LogP contribution is 2.30. The van der Waals surface area contributed by atoms with Crippen LogP contribution in [0.4, 0.5) is 0 Å². The van der Waals surface area contributed by atoms with Crippen molar-refractivity contribution in [1.29, 1.82) is 0 Å². The number of hydrogen-bond acceptors (Lipinski definition) is 3. The van der Waals surface area contributed by atoms with Gasteiger partial charge in [-0.15, -0.1) is 0 Å². The second-order valence-electron chi connectivity index (χ2n) is 8.42. The molecule has 150 valence electrons. The van der Waals surface area contributed by atoms with Crippen LogP contribution >= 0.6 is 0 Å². The molecule has 0 aliphatic heterocycles. The van der Waals surface area contributed by atoms with Crippen molar-refractivity contribution >= 4 is 11.8 Å². The Hall–Kier alpha value is -2.42. The third-order valence-corrected chi connectivity index (χ3v) is 5.14. The highest BCUT2D eigenvalue weighted by Gasteiger charge is 2.22. The fourth-order valence-electron chi connectivity index (χ4n) is 3.33. The number of Topliss-reactive ketones (excluding diaryl/α,β-unsaturated/α-hetero) is 1. The summed E-state index contributed by atoms with van der Waals surface area (Å²) in [7, 11) is 0. The Morgan fingerprint density at radius 3 is 2.07 bits per heavy atom. The summed E-state index contributed by atoms with van der Waals surface area (Å²) in [5.41, 5.74) is 1.39. The van der Waals surface area contributed by atoms with E-state index in [1.807, 2.05) is 48.5 Å². The molecule has 1 unspecified atom stereocenters. The fraction of sp³-hybridized carbons (Fsp3) is 0.440. The van der Waals surface area contributed by atoms with E-state index in [0.717, 1.165) is 31.2 Å². The molecular formula is C25H32O3. The monoisotopic (exact) mass is 380 g/mol. The second kappa shape index (κ2) is 10.8. The van der Waals surface area contributed by atoms with Crippen LogP contribution in [0.1, 0.15) is 73.6 Å². The number of rotatable bonds is 11. The van der Waals surface area contributed by atoms with Gasteiger partial charge in [0.2, 0.25) is 0 Å². The van der Waals surface area contributed by atoms with Gasteiger partial charge < -0.3 is 4.74 Å². The predicted molar refractivity (Wildman–Crippen MR) is 114 cm³/mol. The summed E-state index contributed by atoms with van der Waals surface area (Å²) in [6.07, 6.45) is 4.59. The van der Waals surface area contributed by atoms with Crippen molar-refractivity contribution in [3.63, 3.8) is 0 Å². The van der Waals surface area contributed by atoms with Crippen molar-refractivity contribution in [1.82, 2.24) is 0 Å². The van der Waals surface area contributed by atoms with Crippen molar-refractivity contribution < 1.29 is 14.3 Å². The first-order valence-corrected chi connectivity index (χ1v) is 10.2. The summed E-state index contributed by atoms with van der Waals surface area (Å²) in [6, 6.07) is 18.6. The summed E-state index contributed by atoms with van der Waals surface area (Å²) < 4.78 is 5.36. The molecule has 0 aliphatic rings. The summed E-state index contributed by atoms with van der Waals surface area (Å²) >= 11 is 0. The van der Waals surface area contributed by atoms with Crippen molar-refractivity contribution in [2.45, 2.75) is 52.9 Å². The number of hydrogen-bond donors (Lipinski definition) is 0. The summed E-state index contributed by atoms with van der Waals surface area (Å²) in [5, 5.41) is 0. The predicted octanol–water partition coefficient (Wildman–Crippen LogP) is 6.34. The number of ketones is 1. The Morgan fingerprint density at radius 2 is 1.46 bits per heavy atom. The van der Waals surface area contributed by atoms with Gasteiger partial charge in [0.05, 0.1) is 12.2 Å². The van der Waals surface area contributed by atoms with E-state index < -0.39 is 0 Å². The zero-order chi connectivity index (χ0) is 20.4. The van der Waals surface area contributed by atoms with Crippen LogP contribution < -0.4 is 0 Å². The molecule has 0 spiro atoms. The lowest BCUT2D eigenvalue weighted by molar-refractivity contribution is 0.0483.